The van der Waals surface area contributed by atoms with Crippen molar-refractivity contribution in [2.75, 3.05) is 24.7 Å². The number of thioether (sulfide) groups is 1. The molecule has 114 valence electrons. The number of anilines is 1. The topological polar surface area (TPSA) is 58.4 Å². The van der Waals surface area contributed by atoms with Crippen LogP contribution in [-0.2, 0) is 0 Å². The lowest BCUT2D eigenvalue weighted by atomic mass is 9.96. The first-order chi connectivity index (χ1) is 9.98. The van der Waals surface area contributed by atoms with Crippen LogP contribution in [-0.4, -0.2) is 40.0 Å². The number of halogens is 1. The van der Waals surface area contributed by atoms with Crippen LogP contribution in [0.4, 0.5) is 14.9 Å². The largest absolute Gasteiger partial charge is 0.392 e. The number of carbonyl (C=O) groups is 1. The first kappa shape index (κ1) is 16.0. The number of hydrogen-bond acceptors (Lipinski definition) is 3. The van der Waals surface area contributed by atoms with Gasteiger partial charge in [0.05, 0.1) is 15.4 Å². The van der Waals surface area contributed by atoms with E-state index in [4.69, 9.17) is 18.0 Å². The molecule has 1 heterocycles. The van der Waals surface area contributed by atoms with Crippen LogP contribution in [0.2, 0.25) is 0 Å². The average molecular weight is 327 g/mol. The Bertz CT molecular complexity index is 545. The standard InChI is InChI=1S/C14H18FN3OS2/c1-21-14(12(16)20)6-8-18(9-7-14)13(19)17-11-5-3-2-4-10(11)15/h2-5H,6-9H2,1H3,(H2,16,20)(H,17,19). The van der Waals surface area contributed by atoms with Gasteiger partial charge in [0.1, 0.15) is 5.82 Å². The van der Waals surface area contributed by atoms with Crippen molar-refractivity contribution >= 4 is 40.7 Å². The predicted molar refractivity (Wildman–Crippen MR) is 89.3 cm³/mol. The fourth-order valence-corrected chi connectivity index (χ4v) is 3.63. The van der Waals surface area contributed by atoms with E-state index >= 15 is 0 Å². The van der Waals surface area contributed by atoms with E-state index in [1.807, 2.05) is 6.26 Å². The lowest BCUT2D eigenvalue weighted by Gasteiger charge is -2.39. The number of nitrogens with two attached hydrogens (primary N) is 1. The molecule has 0 aliphatic carbocycles. The van der Waals surface area contributed by atoms with E-state index in [0.29, 0.717) is 30.9 Å². The first-order valence-corrected chi connectivity index (χ1v) is 8.27. The highest BCUT2D eigenvalue weighted by Crippen LogP contribution is 2.35. The molecule has 1 aromatic rings. The van der Waals surface area contributed by atoms with Gasteiger partial charge < -0.3 is 16.0 Å². The number of piperidine rings is 1. The van der Waals surface area contributed by atoms with Crippen LogP contribution in [0.25, 0.3) is 0 Å². The second-order valence-corrected chi connectivity index (χ2v) is 6.59. The summed E-state index contributed by atoms with van der Waals surface area (Å²) in [4.78, 5) is 14.3. The summed E-state index contributed by atoms with van der Waals surface area (Å²) >= 11 is 6.78. The van der Waals surface area contributed by atoms with Crippen LogP contribution in [0.5, 0.6) is 0 Å². The molecule has 0 radical (unpaired) electrons. The Balaban J connectivity index is 1.98. The Morgan fingerprint density at radius 1 is 1.43 bits per heavy atom. The first-order valence-electron chi connectivity index (χ1n) is 6.64. The van der Waals surface area contributed by atoms with Gasteiger partial charge in [-0.25, -0.2) is 9.18 Å². The van der Waals surface area contributed by atoms with Crippen LogP contribution in [0, 0.1) is 5.82 Å². The van der Waals surface area contributed by atoms with E-state index in [0.717, 1.165) is 0 Å². The Labute approximate surface area is 133 Å². The maximum Gasteiger partial charge on any atom is 0.321 e. The third kappa shape index (κ3) is 3.47. The minimum Gasteiger partial charge on any atom is -0.392 e. The Morgan fingerprint density at radius 2 is 2.05 bits per heavy atom. The van der Waals surface area contributed by atoms with Crippen molar-refractivity contribution in [3.8, 4) is 0 Å². The monoisotopic (exact) mass is 327 g/mol. The van der Waals surface area contributed by atoms with Crippen molar-refractivity contribution in [1.82, 2.24) is 4.90 Å². The zero-order valence-electron chi connectivity index (χ0n) is 11.8. The lowest BCUT2D eigenvalue weighted by Crippen LogP contribution is -2.51. The molecule has 1 fully saturated rings. The molecule has 1 aromatic carbocycles. The zero-order chi connectivity index (χ0) is 15.5. The minimum absolute atomic E-state index is 0.193. The van der Waals surface area contributed by atoms with Crippen molar-refractivity contribution in [3.63, 3.8) is 0 Å². The maximum absolute atomic E-state index is 13.5. The summed E-state index contributed by atoms with van der Waals surface area (Å²) in [5.74, 6) is -0.440. The molecular weight excluding hydrogens is 309 g/mol. The van der Waals surface area contributed by atoms with Crippen LogP contribution < -0.4 is 11.1 Å². The Morgan fingerprint density at radius 3 is 2.57 bits per heavy atom. The molecule has 0 unspecified atom stereocenters. The van der Waals surface area contributed by atoms with Crippen molar-refractivity contribution in [2.24, 2.45) is 5.73 Å². The number of thiocarbonyl (C=S) groups is 1. The van der Waals surface area contributed by atoms with Gasteiger partial charge >= 0.3 is 6.03 Å². The normalized spacial score (nSPS) is 17.3. The SMILES string of the molecule is CSC1(C(N)=S)CCN(C(=O)Nc2ccccc2F)CC1. The highest BCUT2D eigenvalue weighted by atomic mass is 32.2. The molecule has 0 atom stereocenters. The van der Waals surface area contributed by atoms with Crippen LogP contribution in [0.3, 0.4) is 0 Å². The highest BCUT2D eigenvalue weighted by molar-refractivity contribution is 8.02. The molecule has 1 aliphatic heterocycles. The number of hydrogen-bond donors (Lipinski definition) is 2. The van der Waals surface area contributed by atoms with Gasteiger partial charge in [0.15, 0.2) is 0 Å². The summed E-state index contributed by atoms with van der Waals surface area (Å²) in [7, 11) is 0. The molecule has 0 aromatic heterocycles. The van der Waals surface area contributed by atoms with Gasteiger partial charge in [0.2, 0.25) is 0 Å². The minimum atomic E-state index is -0.440. The van der Waals surface area contributed by atoms with E-state index < -0.39 is 5.82 Å². The van der Waals surface area contributed by atoms with E-state index in [9.17, 15) is 9.18 Å². The third-order valence-electron chi connectivity index (χ3n) is 3.81. The summed E-state index contributed by atoms with van der Waals surface area (Å²) in [6.45, 7) is 1.11. The molecule has 3 N–H and O–H groups in total. The van der Waals surface area contributed by atoms with Gasteiger partial charge in [-0.15, -0.1) is 0 Å². The molecule has 4 nitrogen and oxygen atoms in total. The molecule has 0 bridgehead atoms. The fourth-order valence-electron chi connectivity index (χ4n) is 2.38. The Kier molecular flexibility index (Phi) is 5.05. The van der Waals surface area contributed by atoms with Crippen LogP contribution in [0.15, 0.2) is 24.3 Å². The van der Waals surface area contributed by atoms with Gasteiger partial charge in [0, 0.05) is 13.1 Å². The number of benzene rings is 1. The second kappa shape index (κ2) is 6.62. The number of likely N-dealkylation sites (tertiary alicyclic amines) is 1. The predicted octanol–water partition coefficient (Wildman–Crippen LogP) is 2.84. The number of amides is 2. The molecular formula is C14H18FN3OS2. The maximum atomic E-state index is 13.5. The zero-order valence-corrected chi connectivity index (χ0v) is 13.4. The van der Waals surface area contributed by atoms with Gasteiger partial charge in [0.25, 0.3) is 0 Å². The number of para-hydroxylation sites is 1. The van der Waals surface area contributed by atoms with E-state index in [-0.39, 0.29) is 16.5 Å². The summed E-state index contributed by atoms with van der Waals surface area (Å²) in [6.07, 6.45) is 3.41. The van der Waals surface area contributed by atoms with E-state index in [1.54, 1.807) is 34.9 Å². The van der Waals surface area contributed by atoms with Crippen molar-refractivity contribution in [3.05, 3.63) is 30.1 Å². The van der Waals surface area contributed by atoms with E-state index in [2.05, 4.69) is 5.32 Å². The van der Waals surface area contributed by atoms with Crippen molar-refractivity contribution in [1.29, 1.82) is 0 Å². The molecule has 2 rings (SSSR count). The fraction of sp³-hybridized carbons (Fsp3) is 0.429. The number of carbonyl (C=O) groups excluding carboxylic acids is 1. The molecule has 21 heavy (non-hydrogen) atoms. The summed E-state index contributed by atoms with van der Waals surface area (Å²) < 4.78 is 13.3. The molecule has 0 spiro atoms. The molecule has 7 heteroatoms. The number of rotatable bonds is 3. The van der Waals surface area contributed by atoms with Crippen LogP contribution >= 0.6 is 24.0 Å². The Hall–Kier alpha value is -1.34. The highest BCUT2D eigenvalue weighted by Gasteiger charge is 2.37. The van der Waals surface area contributed by atoms with Crippen LogP contribution in [0.1, 0.15) is 12.8 Å². The van der Waals surface area contributed by atoms with Gasteiger partial charge in [-0.3, -0.25) is 0 Å². The number of nitrogens with one attached hydrogen (secondary N) is 1. The molecule has 1 aliphatic rings. The summed E-state index contributed by atoms with van der Waals surface area (Å²) in [5.41, 5.74) is 6.01. The van der Waals surface area contributed by atoms with E-state index in [1.165, 1.54) is 6.07 Å². The third-order valence-corrected chi connectivity index (χ3v) is 5.74. The average Bonchev–Trinajstić information content (AvgIpc) is 2.49. The van der Waals surface area contributed by atoms with Gasteiger partial charge in [-0.05, 0) is 31.2 Å². The molecule has 2 amide bonds. The summed E-state index contributed by atoms with van der Waals surface area (Å²) in [5, 5.41) is 2.60. The number of urea groups is 1. The quantitative estimate of drug-likeness (QED) is 0.838. The molecule has 1 saturated heterocycles. The van der Waals surface area contributed by atoms with Gasteiger partial charge in [-0.2, -0.15) is 11.8 Å². The number of nitrogens with zero attached hydrogens (tertiary/aromatic N) is 1. The molecule has 0 saturated carbocycles. The van der Waals surface area contributed by atoms with Crippen molar-refractivity contribution in [2.45, 2.75) is 17.6 Å². The van der Waals surface area contributed by atoms with Crippen molar-refractivity contribution < 1.29 is 9.18 Å². The summed E-state index contributed by atoms with van der Waals surface area (Å²) in [6, 6.07) is 5.83. The lowest BCUT2D eigenvalue weighted by molar-refractivity contribution is 0.197. The smallest absolute Gasteiger partial charge is 0.321 e. The van der Waals surface area contributed by atoms with Gasteiger partial charge in [-0.1, -0.05) is 24.4 Å². The second-order valence-electron chi connectivity index (χ2n) is 4.96.